The molecule has 2 saturated heterocycles. The van der Waals surface area contributed by atoms with Crippen LogP contribution in [0.25, 0.3) is 0 Å². The number of nitrogens with one attached hydrogen (secondary N) is 1. The number of rotatable bonds is 11. The normalized spacial score (nSPS) is 36.9. The van der Waals surface area contributed by atoms with E-state index < -0.39 is 102 Å². The molecule has 1 aliphatic carbocycles. The van der Waals surface area contributed by atoms with Gasteiger partial charge < -0.3 is 53.8 Å². The van der Waals surface area contributed by atoms with E-state index in [0.29, 0.717) is 76.3 Å². The van der Waals surface area contributed by atoms with Crippen molar-refractivity contribution in [3.8, 4) is 0 Å². The third kappa shape index (κ3) is 17.7. The number of nitrogens with zero attached hydrogens (tertiary/aromatic N) is 2. The summed E-state index contributed by atoms with van der Waals surface area (Å²) in [5.41, 5.74) is 1.25. The van der Waals surface area contributed by atoms with Crippen LogP contribution in [-0.2, 0) is 52.4 Å². The third-order valence-corrected chi connectivity index (χ3v) is 15.8. The molecule has 3 heterocycles. The number of carbonyl (C=O) groups is 6. The Kier molecular flexibility index (Phi) is 25.3. The molecule has 0 aromatic rings. The highest BCUT2D eigenvalue weighted by atomic mass is 16.6. The first-order valence-electron chi connectivity index (χ1n) is 27.1. The second-order valence-corrected chi connectivity index (χ2v) is 22.1. The quantitative estimate of drug-likeness (QED) is 0.0833. The van der Waals surface area contributed by atoms with Crippen LogP contribution < -0.4 is 5.32 Å². The molecule has 0 radical (unpaired) electrons. The van der Waals surface area contributed by atoms with Crippen molar-refractivity contribution in [1.29, 1.82) is 0 Å². The predicted molar refractivity (Wildman–Crippen MR) is 281 cm³/mol. The summed E-state index contributed by atoms with van der Waals surface area (Å²) < 4.78 is 35.6. The molecule has 74 heavy (non-hydrogen) atoms. The van der Waals surface area contributed by atoms with Crippen molar-refractivity contribution in [2.75, 3.05) is 55.1 Å². The molecule has 15 atom stereocenters. The highest BCUT2D eigenvalue weighted by Crippen LogP contribution is 2.38. The zero-order chi connectivity index (χ0) is 54.9. The Morgan fingerprint density at radius 1 is 0.892 bits per heavy atom. The monoisotopic (exact) mass is 1040 g/mol. The van der Waals surface area contributed by atoms with E-state index in [9.17, 15) is 39.0 Å². The molecule has 3 aliphatic heterocycles. The van der Waals surface area contributed by atoms with Gasteiger partial charge in [0.05, 0.1) is 18.3 Å². The molecule has 1 saturated carbocycles. The fourth-order valence-corrected chi connectivity index (χ4v) is 11.0. The first-order valence-corrected chi connectivity index (χ1v) is 27.1. The van der Waals surface area contributed by atoms with Crippen LogP contribution in [0.15, 0.2) is 47.6 Å². The number of amides is 2. The van der Waals surface area contributed by atoms with Gasteiger partial charge in [-0.25, -0.2) is 9.59 Å². The van der Waals surface area contributed by atoms with Gasteiger partial charge in [-0.15, -0.1) is 0 Å². The summed E-state index contributed by atoms with van der Waals surface area (Å²) in [7, 11) is 8.47. The van der Waals surface area contributed by atoms with Crippen LogP contribution in [0.5, 0.6) is 0 Å². The number of alkyl carbamates (subject to hydrolysis) is 1. The van der Waals surface area contributed by atoms with E-state index in [1.54, 1.807) is 41.1 Å². The number of piperidine rings is 1. The summed E-state index contributed by atoms with van der Waals surface area (Å²) in [5.74, 6) is -8.26. The number of aliphatic hydroxyl groups is 2. The summed E-state index contributed by atoms with van der Waals surface area (Å²) in [6.45, 7) is 14.0. The Morgan fingerprint density at radius 3 is 2.30 bits per heavy atom. The zero-order valence-corrected chi connectivity index (χ0v) is 46.5. The summed E-state index contributed by atoms with van der Waals surface area (Å²) in [6.07, 6.45) is 11.1. The van der Waals surface area contributed by atoms with Crippen molar-refractivity contribution in [1.82, 2.24) is 15.1 Å². The van der Waals surface area contributed by atoms with Gasteiger partial charge in [-0.1, -0.05) is 71.1 Å². The van der Waals surface area contributed by atoms with Crippen LogP contribution in [0.4, 0.5) is 4.79 Å². The van der Waals surface area contributed by atoms with E-state index in [4.69, 9.17) is 28.4 Å². The van der Waals surface area contributed by atoms with E-state index in [0.717, 1.165) is 18.5 Å². The van der Waals surface area contributed by atoms with Gasteiger partial charge in [0.2, 0.25) is 5.79 Å². The number of ether oxygens (including phenoxy) is 6. The topological polar surface area (TPSA) is 217 Å². The molecule has 4 aliphatic rings. The standard InChI is InChI=1S/C57H91N3O14/c1-35-19-14-13-15-20-36(2)47(69-10)33-43-24-22-41(7)57(68,74-43)53(64)54(65)60-28-17-16-21-44(60)55(66)72-48(34-45(61)37(3)30-40(6)51(63)52(71-12)50(62)39(5)29-35)38(4)31-42-23-25-46(49(32-42)70-11)73-56(67)58-26-18-27-59(8)9/h13-15,19-20,30,35,37-39,41-44,46-49,51-52,63,68H,16-18,21-29,31-34H2,1-12H3,(H,58,67)/b15-13+,19-14+,36-20+,40-30+/t35-,37-,38-,39-,41-,42+,43+,44+,46-,47+,48+,49-,51-,52+,57-/m1/s1. The number of ketones is 3. The van der Waals surface area contributed by atoms with Crippen LogP contribution in [0.3, 0.4) is 0 Å². The van der Waals surface area contributed by atoms with Crippen LogP contribution in [0.2, 0.25) is 0 Å². The molecule has 0 spiro atoms. The molecular weight excluding hydrogens is 951 g/mol. The average molecular weight is 1040 g/mol. The van der Waals surface area contributed by atoms with Crippen LogP contribution in [-0.4, -0.2) is 165 Å². The van der Waals surface area contributed by atoms with Crippen molar-refractivity contribution < 1.29 is 67.4 Å². The maximum Gasteiger partial charge on any atom is 0.407 e. The largest absolute Gasteiger partial charge is 0.460 e. The lowest BCUT2D eigenvalue weighted by Gasteiger charge is -2.42. The summed E-state index contributed by atoms with van der Waals surface area (Å²) >= 11 is 0. The summed E-state index contributed by atoms with van der Waals surface area (Å²) in [4.78, 5) is 87.3. The van der Waals surface area contributed by atoms with Crippen LogP contribution >= 0.6 is 0 Å². The predicted octanol–water partition coefficient (Wildman–Crippen LogP) is 6.87. The fourth-order valence-electron chi connectivity index (χ4n) is 11.0. The zero-order valence-electron chi connectivity index (χ0n) is 46.5. The van der Waals surface area contributed by atoms with E-state index in [1.807, 2.05) is 77.1 Å². The van der Waals surface area contributed by atoms with E-state index in [-0.39, 0.29) is 42.8 Å². The summed E-state index contributed by atoms with van der Waals surface area (Å²) in [5, 5.41) is 26.4. The van der Waals surface area contributed by atoms with Crippen molar-refractivity contribution in [2.24, 2.45) is 35.5 Å². The smallest absolute Gasteiger partial charge is 0.407 e. The van der Waals surface area contributed by atoms with Gasteiger partial charge >= 0.3 is 12.1 Å². The van der Waals surface area contributed by atoms with Crippen molar-refractivity contribution >= 4 is 35.3 Å². The lowest BCUT2D eigenvalue weighted by atomic mass is 9.78. The molecular formula is C57H91N3O14. The van der Waals surface area contributed by atoms with E-state index in [1.165, 1.54) is 12.0 Å². The van der Waals surface area contributed by atoms with E-state index in [2.05, 4.69) is 5.32 Å². The van der Waals surface area contributed by atoms with Gasteiger partial charge in [-0.3, -0.25) is 19.2 Å². The molecule has 2 bridgehead atoms. The molecule has 17 nitrogen and oxygen atoms in total. The Morgan fingerprint density at radius 2 is 1.62 bits per heavy atom. The number of carbonyl (C=O) groups excluding carboxylic acids is 6. The minimum Gasteiger partial charge on any atom is -0.460 e. The molecule has 3 fully saturated rings. The summed E-state index contributed by atoms with van der Waals surface area (Å²) in [6, 6.07) is -1.17. The second-order valence-electron chi connectivity index (χ2n) is 22.1. The minimum atomic E-state index is -2.45. The maximum absolute atomic E-state index is 14.6. The fraction of sp³-hybridized carbons (Fsp3) is 0.754. The molecule has 418 valence electrons. The second kappa shape index (κ2) is 30.0. The SMILES string of the molecule is CO[C@H]1C[C@@H]2CC[C@@H](C)[C@@](O)(O2)C(=O)C(=O)N2CCCC[C@H]2C(=O)O[C@H]([C@H](C)C[C@@H]2CC[C@@H](OC(=O)NCCCN(C)C)[C@H](OC)C2)CC(=O)[C@H](C)/C=C(\C)[C@@H](O)[C@@H](OC)C(=O)[C@H](C)C[C@H](C)/C=C/C=C/C=C/1C. The highest BCUT2D eigenvalue weighted by Gasteiger charge is 2.53. The average Bonchev–Trinajstić information content (AvgIpc) is 3.36. The Labute approximate surface area is 441 Å². The number of Topliss-reactive ketones (excluding diaryl/α,β-unsaturated/α-hetero) is 3. The maximum atomic E-state index is 14.6. The molecule has 4 rings (SSSR count). The molecule has 17 heteroatoms. The van der Waals surface area contributed by atoms with Gasteiger partial charge in [0.1, 0.15) is 36.2 Å². The number of fused-ring (bicyclic) bond motifs is 3. The molecule has 2 amide bonds. The lowest BCUT2D eigenvalue weighted by Crippen LogP contribution is -2.61. The van der Waals surface area contributed by atoms with Gasteiger partial charge in [-0.05, 0) is 134 Å². The van der Waals surface area contributed by atoms with Crippen molar-refractivity contribution in [3.63, 3.8) is 0 Å². The molecule has 0 aromatic heterocycles. The highest BCUT2D eigenvalue weighted by molar-refractivity contribution is 6.39. The number of esters is 1. The van der Waals surface area contributed by atoms with Crippen molar-refractivity contribution in [3.05, 3.63) is 47.6 Å². The Hall–Kier alpha value is -4.10. The minimum absolute atomic E-state index is 0.00592. The van der Waals surface area contributed by atoms with Gasteiger partial charge in [0, 0.05) is 65.0 Å². The molecule has 0 aromatic carbocycles. The molecule has 3 N–H and O–H groups in total. The van der Waals surface area contributed by atoms with Crippen LogP contribution in [0, 0.1) is 35.5 Å². The number of hydrogen-bond donors (Lipinski definition) is 3. The Bertz CT molecular complexity index is 2000. The number of aliphatic hydroxyl groups excluding tert-OH is 1. The number of cyclic esters (lactones) is 1. The Balaban J connectivity index is 1.66. The first-order chi connectivity index (χ1) is 35.0. The van der Waals surface area contributed by atoms with Gasteiger partial charge in [-0.2, -0.15) is 0 Å². The first kappa shape index (κ1) is 62.4. The number of methoxy groups -OCH3 is 3. The lowest BCUT2D eigenvalue weighted by molar-refractivity contribution is -0.265. The van der Waals surface area contributed by atoms with E-state index >= 15 is 0 Å². The van der Waals surface area contributed by atoms with Gasteiger partial charge in [0.25, 0.3) is 11.7 Å². The number of allylic oxidation sites excluding steroid dienone is 6. The van der Waals surface area contributed by atoms with Crippen molar-refractivity contribution in [2.45, 2.75) is 186 Å². The third-order valence-electron chi connectivity index (χ3n) is 15.8. The molecule has 0 unspecified atom stereocenters. The number of hydrogen-bond acceptors (Lipinski definition) is 15. The van der Waals surface area contributed by atoms with Gasteiger partial charge in [0.15, 0.2) is 5.78 Å². The van der Waals surface area contributed by atoms with Crippen LogP contribution in [0.1, 0.15) is 132 Å².